The second-order valence-corrected chi connectivity index (χ2v) is 6.63. The van der Waals surface area contributed by atoms with Crippen molar-refractivity contribution in [2.75, 3.05) is 0 Å². The fourth-order valence-corrected chi connectivity index (χ4v) is 2.99. The van der Waals surface area contributed by atoms with Crippen LogP contribution in [0.15, 0.2) is 12.1 Å². The van der Waals surface area contributed by atoms with Gasteiger partial charge in [0.1, 0.15) is 0 Å². The number of aryl methyl sites for hydroxylation is 1. The normalized spacial score (nSPS) is 15.2. The third-order valence-corrected chi connectivity index (χ3v) is 3.99. The number of halogens is 1. The lowest BCUT2D eigenvalue weighted by molar-refractivity contribution is -0.126. The van der Waals surface area contributed by atoms with Gasteiger partial charge < -0.3 is 11.1 Å². The number of nitrogens with two attached hydrogens (primary N) is 1. The molecule has 5 heteroatoms. The summed E-state index contributed by atoms with van der Waals surface area (Å²) in [7, 11) is 0. The Morgan fingerprint density at radius 2 is 2.16 bits per heavy atom. The summed E-state index contributed by atoms with van der Waals surface area (Å²) in [4.78, 5) is 14.6. The molecule has 0 saturated carbocycles. The average Bonchev–Trinajstić information content (AvgIpc) is 2.63. The molecular weight excluding hydrogens is 280 g/mol. The minimum atomic E-state index is -0.756. The van der Waals surface area contributed by atoms with Crippen molar-refractivity contribution in [2.24, 2.45) is 5.73 Å². The third kappa shape index (κ3) is 5.93. The lowest BCUT2D eigenvalue weighted by atomic mass is 9.96. The van der Waals surface area contributed by atoms with Crippen LogP contribution in [0.5, 0.6) is 0 Å². The third-order valence-electron chi connectivity index (χ3n) is 2.97. The number of hydrogen-bond acceptors (Lipinski definition) is 3. The fraction of sp³-hybridized carbons (Fsp3) is 0.643. The quantitative estimate of drug-likeness (QED) is 0.848. The summed E-state index contributed by atoms with van der Waals surface area (Å²) in [6.07, 6.45) is 2.50. The predicted molar refractivity (Wildman–Crippen MR) is 85.1 cm³/mol. The maximum absolute atomic E-state index is 12.0. The zero-order valence-corrected chi connectivity index (χ0v) is 13.8. The molecule has 1 rings (SSSR count). The Labute approximate surface area is 126 Å². The van der Waals surface area contributed by atoms with Crippen molar-refractivity contribution in [3.05, 3.63) is 21.9 Å². The van der Waals surface area contributed by atoms with Crippen molar-refractivity contribution >= 4 is 29.7 Å². The molecular formula is C14H25ClN2OS. The van der Waals surface area contributed by atoms with Crippen LogP contribution in [-0.2, 0) is 11.2 Å². The topological polar surface area (TPSA) is 55.1 Å². The Balaban J connectivity index is 0.00000324. The standard InChI is InChI=1S/C14H24N2OS.ClH/c1-5-8-14(4,15)13(17)16-10(2)9-12-7-6-11(3)18-12;/h6-7,10H,5,8-9,15H2,1-4H3,(H,16,17);1H. The van der Waals surface area contributed by atoms with E-state index in [1.807, 2.05) is 13.8 Å². The van der Waals surface area contributed by atoms with Gasteiger partial charge in [-0.3, -0.25) is 4.79 Å². The molecule has 0 aliphatic rings. The highest BCUT2D eigenvalue weighted by Crippen LogP contribution is 2.17. The first-order valence-corrected chi connectivity index (χ1v) is 7.32. The lowest BCUT2D eigenvalue weighted by Gasteiger charge is -2.25. The highest BCUT2D eigenvalue weighted by molar-refractivity contribution is 7.11. The molecule has 0 saturated heterocycles. The number of hydrogen-bond donors (Lipinski definition) is 2. The number of rotatable bonds is 6. The summed E-state index contributed by atoms with van der Waals surface area (Å²) in [5.41, 5.74) is 5.25. The van der Waals surface area contributed by atoms with Gasteiger partial charge in [-0.1, -0.05) is 13.3 Å². The first kappa shape index (κ1) is 18.4. The van der Waals surface area contributed by atoms with Gasteiger partial charge in [0.25, 0.3) is 0 Å². The van der Waals surface area contributed by atoms with Crippen LogP contribution in [0, 0.1) is 6.92 Å². The average molecular weight is 305 g/mol. The van der Waals surface area contributed by atoms with E-state index in [2.05, 4.69) is 24.4 Å². The molecule has 1 amide bonds. The number of thiophene rings is 1. The summed E-state index contributed by atoms with van der Waals surface area (Å²) in [6, 6.07) is 4.35. The number of amides is 1. The summed E-state index contributed by atoms with van der Waals surface area (Å²) < 4.78 is 0. The Hall–Kier alpha value is -0.580. The van der Waals surface area contributed by atoms with Crippen LogP contribution in [0.2, 0.25) is 0 Å². The summed E-state index contributed by atoms with van der Waals surface area (Å²) >= 11 is 1.78. The van der Waals surface area contributed by atoms with Crippen LogP contribution in [0.3, 0.4) is 0 Å². The molecule has 0 fully saturated rings. The van der Waals surface area contributed by atoms with Gasteiger partial charge in [0, 0.05) is 22.2 Å². The molecule has 1 heterocycles. The number of carbonyl (C=O) groups excluding carboxylic acids is 1. The van der Waals surface area contributed by atoms with Crippen LogP contribution in [-0.4, -0.2) is 17.5 Å². The van der Waals surface area contributed by atoms with Crippen LogP contribution < -0.4 is 11.1 Å². The van der Waals surface area contributed by atoms with E-state index in [0.29, 0.717) is 6.42 Å². The minimum Gasteiger partial charge on any atom is -0.352 e. The molecule has 2 unspecified atom stereocenters. The molecule has 3 nitrogen and oxygen atoms in total. The van der Waals surface area contributed by atoms with Crippen molar-refractivity contribution < 1.29 is 4.79 Å². The van der Waals surface area contributed by atoms with Gasteiger partial charge in [0.15, 0.2) is 0 Å². The zero-order valence-electron chi connectivity index (χ0n) is 12.2. The van der Waals surface area contributed by atoms with Crippen molar-refractivity contribution in [3.63, 3.8) is 0 Å². The van der Waals surface area contributed by atoms with Crippen LogP contribution in [0.25, 0.3) is 0 Å². The Morgan fingerprint density at radius 3 is 2.63 bits per heavy atom. The van der Waals surface area contributed by atoms with Gasteiger partial charge in [0.05, 0.1) is 5.54 Å². The van der Waals surface area contributed by atoms with Crippen molar-refractivity contribution in [2.45, 2.75) is 58.5 Å². The van der Waals surface area contributed by atoms with E-state index in [-0.39, 0.29) is 24.4 Å². The van der Waals surface area contributed by atoms with E-state index >= 15 is 0 Å². The Morgan fingerprint density at radius 1 is 1.53 bits per heavy atom. The Kier molecular flexibility index (Phi) is 7.64. The largest absolute Gasteiger partial charge is 0.352 e. The first-order valence-electron chi connectivity index (χ1n) is 6.50. The molecule has 1 aromatic rings. The smallest absolute Gasteiger partial charge is 0.240 e. The van der Waals surface area contributed by atoms with Gasteiger partial charge in [-0.2, -0.15) is 0 Å². The summed E-state index contributed by atoms with van der Waals surface area (Å²) in [6.45, 7) is 7.95. The van der Waals surface area contributed by atoms with Crippen LogP contribution >= 0.6 is 23.7 Å². The number of nitrogens with one attached hydrogen (secondary N) is 1. The van der Waals surface area contributed by atoms with E-state index < -0.39 is 5.54 Å². The minimum absolute atomic E-state index is 0. The maximum Gasteiger partial charge on any atom is 0.240 e. The van der Waals surface area contributed by atoms with Gasteiger partial charge in [-0.25, -0.2) is 0 Å². The first-order chi connectivity index (χ1) is 8.35. The van der Waals surface area contributed by atoms with E-state index in [0.717, 1.165) is 12.8 Å². The SMILES string of the molecule is CCCC(C)(N)C(=O)NC(C)Cc1ccc(C)s1.Cl. The fourth-order valence-electron chi connectivity index (χ4n) is 1.97. The molecule has 0 bridgehead atoms. The van der Waals surface area contributed by atoms with Gasteiger partial charge >= 0.3 is 0 Å². The van der Waals surface area contributed by atoms with E-state index in [1.165, 1.54) is 9.75 Å². The van der Waals surface area contributed by atoms with E-state index in [9.17, 15) is 4.79 Å². The molecule has 3 N–H and O–H groups in total. The van der Waals surface area contributed by atoms with Crippen molar-refractivity contribution in [1.29, 1.82) is 0 Å². The second-order valence-electron chi connectivity index (χ2n) is 5.26. The Bertz CT molecular complexity index is 404. The molecule has 0 spiro atoms. The monoisotopic (exact) mass is 304 g/mol. The molecule has 0 aliphatic heterocycles. The molecule has 19 heavy (non-hydrogen) atoms. The highest BCUT2D eigenvalue weighted by atomic mass is 35.5. The lowest BCUT2D eigenvalue weighted by Crippen LogP contribution is -2.53. The molecule has 0 aliphatic carbocycles. The van der Waals surface area contributed by atoms with Crippen molar-refractivity contribution in [3.8, 4) is 0 Å². The second kappa shape index (κ2) is 7.88. The highest BCUT2D eigenvalue weighted by Gasteiger charge is 2.27. The van der Waals surface area contributed by atoms with Gasteiger partial charge in [0.2, 0.25) is 5.91 Å². The maximum atomic E-state index is 12.0. The van der Waals surface area contributed by atoms with Crippen LogP contribution in [0.4, 0.5) is 0 Å². The van der Waals surface area contributed by atoms with Crippen LogP contribution in [0.1, 0.15) is 43.4 Å². The van der Waals surface area contributed by atoms with Gasteiger partial charge in [-0.05, 0) is 39.3 Å². The summed E-state index contributed by atoms with van der Waals surface area (Å²) in [5, 5.41) is 3.01. The summed E-state index contributed by atoms with van der Waals surface area (Å²) in [5.74, 6) is -0.0508. The van der Waals surface area contributed by atoms with E-state index in [1.54, 1.807) is 18.3 Å². The number of carbonyl (C=O) groups is 1. The molecule has 110 valence electrons. The molecule has 0 radical (unpaired) electrons. The molecule has 0 aromatic carbocycles. The molecule has 2 atom stereocenters. The zero-order chi connectivity index (χ0) is 13.8. The van der Waals surface area contributed by atoms with Crippen molar-refractivity contribution in [1.82, 2.24) is 5.32 Å². The molecule has 1 aromatic heterocycles. The van der Waals surface area contributed by atoms with Gasteiger partial charge in [-0.15, -0.1) is 23.7 Å². The predicted octanol–water partition coefficient (Wildman–Crippen LogP) is 3.04. The van der Waals surface area contributed by atoms with E-state index in [4.69, 9.17) is 5.73 Å².